The summed E-state index contributed by atoms with van der Waals surface area (Å²) < 4.78 is 7.95. The molecule has 9 nitrogen and oxygen atoms in total. The third kappa shape index (κ3) is 5.49. The van der Waals surface area contributed by atoms with E-state index in [1.54, 1.807) is 4.52 Å². The number of rotatable bonds is 5. The molecule has 2 aliphatic heterocycles. The Morgan fingerprint density at radius 2 is 1.80 bits per heavy atom. The number of carbonyl (C=O) groups is 1. The molecule has 1 amide bonds. The molecule has 9 heteroatoms. The van der Waals surface area contributed by atoms with E-state index < -0.39 is 0 Å². The van der Waals surface area contributed by atoms with Gasteiger partial charge in [-0.2, -0.15) is 4.52 Å². The summed E-state index contributed by atoms with van der Waals surface area (Å²) in [6.07, 6.45) is 3.98. The molecule has 0 radical (unpaired) electrons. The van der Waals surface area contributed by atoms with E-state index in [9.17, 15) is 4.79 Å². The quantitative estimate of drug-likeness (QED) is 0.358. The van der Waals surface area contributed by atoms with E-state index in [1.807, 2.05) is 13.1 Å². The minimum atomic E-state index is -0.250. The maximum absolute atomic E-state index is 13.3. The summed E-state index contributed by atoms with van der Waals surface area (Å²) in [7, 11) is 0. The van der Waals surface area contributed by atoms with Crippen molar-refractivity contribution in [3.8, 4) is 11.3 Å². The Morgan fingerprint density at radius 1 is 1.10 bits per heavy atom. The second-order valence-electron chi connectivity index (χ2n) is 13.7. The number of aryl methyl sites for hydroxylation is 1. The third-order valence-corrected chi connectivity index (χ3v) is 8.65. The molecule has 0 spiro atoms. The lowest BCUT2D eigenvalue weighted by atomic mass is 9.87. The summed E-state index contributed by atoms with van der Waals surface area (Å²) in [5, 5.41) is 13.4. The van der Waals surface area contributed by atoms with Crippen LogP contribution in [0.3, 0.4) is 0 Å². The van der Waals surface area contributed by atoms with Crippen LogP contribution < -0.4 is 0 Å². The van der Waals surface area contributed by atoms with Crippen LogP contribution in [0.4, 0.5) is 0 Å². The molecule has 6 rings (SSSR count). The number of morpholine rings is 1. The van der Waals surface area contributed by atoms with Gasteiger partial charge in [0, 0.05) is 48.8 Å². The minimum Gasteiger partial charge on any atom is -0.367 e. The molecular formula is C32H43N7O2. The van der Waals surface area contributed by atoms with E-state index in [0.717, 1.165) is 67.0 Å². The second kappa shape index (κ2) is 10.2. The largest absolute Gasteiger partial charge is 0.367 e. The van der Waals surface area contributed by atoms with Gasteiger partial charge >= 0.3 is 0 Å². The van der Waals surface area contributed by atoms with Crippen LogP contribution in [-0.4, -0.2) is 84.7 Å². The average molecular weight is 558 g/mol. The predicted octanol–water partition coefficient (Wildman–Crippen LogP) is 5.30. The molecule has 2 aliphatic rings. The van der Waals surface area contributed by atoms with Crippen molar-refractivity contribution in [1.82, 2.24) is 34.8 Å². The lowest BCUT2D eigenvalue weighted by molar-refractivity contribution is -0.182. The monoisotopic (exact) mass is 557 g/mol. The van der Waals surface area contributed by atoms with Crippen molar-refractivity contribution in [2.24, 2.45) is 0 Å². The number of hydrogen-bond acceptors (Lipinski definition) is 6. The predicted molar refractivity (Wildman–Crippen MR) is 161 cm³/mol. The number of aromatic nitrogens is 5. The topological polar surface area (TPSA) is 91.7 Å². The van der Waals surface area contributed by atoms with Gasteiger partial charge in [0.05, 0.1) is 23.4 Å². The molecule has 0 aliphatic carbocycles. The lowest BCUT2D eigenvalue weighted by Crippen LogP contribution is -2.59. The zero-order valence-electron chi connectivity index (χ0n) is 25.5. The second-order valence-corrected chi connectivity index (χ2v) is 13.7. The number of benzene rings is 1. The molecular weight excluding hydrogens is 514 g/mol. The van der Waals surface area contributed by atoms with Crippen LogP contribution in [-0.2, 0) is 9.53 Å². The first-order valence-corrected chi connectivity index (χ1v) is 14.9. The Morgan fingerprint density at radius 3 is 2.49 bits per heavy atom. The van der Waals surface area contributed by atoms with Crippen LogP contribution in [0.25, 0.3) is 27.8 Å². The smallest absolute Gasteiger partial charge is 0.236 e. The van der Waals surface area contributed by atoms with Gasteiger partial charge in [-0.3, -0.25) is 9.69 Å². The fraction of sp³-hybridized carbons (Fsp3) is 0.562. The van der Waals surface area contributed by atoms with Crippen LogP contribution in [0.15, 0.2) is 30.5 Å². The first-order valence-electron chi connectivity index (χ1n) is 14.9. The van der Waals surface area contributed by atoms with Gasteiger partial charge < -0.3 is 14.6 Å². The summed E-state index contributed by atoms with van der Waals surface area (Å²) in [5.74, 6) is 1.02. The van der Waals surface area contributed by atoms with Gasteiger partial charge in [0.2, 0.25) is 5.91 Å². The van der Waals surface area contributed by atoms with Crippen molar-refractivity contribution in [3.05, 3.63) is 47.2 Å². The molecule has 5 heterocycles. The van der Waals surface area contributed by atoms with E-state index in [2.05, 4.69) is 96.1 Å². The molecule has 41 heavy (non-hydrogen) atoms. The van der Waals surface area contributed by atoms with Gasteiger partial charge in [-0.05, 0) is 105 Å². The molecule has 3 aromatic heterocycles. The van der Waals surface area contributed by atoms with Crippen molar-refractivity contribution < 1.29 is 9.53 Å². The van der Waals surface area contributed by atoms with Crippen LogP contribution in [0.2, 0.25) is 0 Å². The maximum atomic E-state index is 13.3. The van der Waals surface area contributed by atoms with Gasteiger partial charge in [0.1, 0.15) is 0 Å². The Bertz CT molecular complexity index is 1570. The van der Waals surface area contributed by atoms with E-state index in [1.165, 1.54) is 16.5 Å². The SMILES string of the molecule is Cc1cc(-c2[nH]c3ccc(C4CCN(C(=O)CN5CC(C)(C)OC(C)(C)C5)CC4)cc3c2C(C)C)cn2nnnc12. The highest BCUT2D eigenvalue weighted by molar-refractivity contribution is 5.92. The molecule has 218 valence electrons. The number of carbonyl (C=O) groups excluding carboxylic acids is 1. The fourth-order valence-electron chi connectivity index (χ4n) is 7.27. The Kier molecular flexibility index (Phi) is 6.93. The van der Waals surface area contributed by atoms with Crippen molar-refractivity contribution in [1.29, 1.82) is 0 Å². The highest BCUT2D eigenvalue weighted by Gasteiger charge is 2.39. The number of likely N-dealkylation sites (tertiary alicyclic amines) is 1. The Balaban J connectivity index is 1.19. The molecule has 0 bridgehead atoms. The number of ether oxygens (including phenoxy) is 1. The average Bonchev–Trinajstić information content (AvgIpc) is 3.51. The normalized spacial score (nSPS) is 20.0. The summed E-state index contributed by atoms with van der Waals surface area (Å²) in [4.78, 5) is 21.3. The summed E-state index contributed by atoms with van der Waals surface area (Å²) in [5.41, 5.74) is 7.36. The Hall–Kier alpha value is -3.30. The molecule has 4 aromatic rings. The number of pyridine rings is 1. The molecule has 0 saturated carbocycles. The van der Waals surface area contributed by atoms with Crippen LogP contribution in [0, 0.1) is 6.92 Å². The number of H-pyrrole nitrogens is 1. The first kappa shape index (κ1) is 27.8. The van der Waals surface area contributed by atoms with Crippen molar-refractivity contribution in [3.63, 3.8) is 0 Å². The number of fused-ring (bicyclic) bond motifs is 2. The van der Waals surface area contributed by atoms with E-state index in [4.69, 9.17) is 4.74 Å². The highest BCUT2D eigenvalue weighted by Crippen LogP contribution is 2.39. The zero-order valence-corrected chi connectivity index (χ0v) is 25.5. The van der Waals surface area contributed by atoms with Crippen molar-refractivity contribution in [2.75, 3.05) is 32.7 Å². The minimum absolute atomic E-state index is 0.236. The van der Waals surface area contributed by atoms with Crippen molar-refractivity contribution in [2.45, 2.75) is 84.3 Å². The number of piperidine rings is 1. The van der Waals surface area contributed by atoms with Crippen LogP contribution >= 0.6 is 0 Å². The van der Waals surface area contributed by atoms with Gasteiger partial charge in [0.25, 0.3) is 0 Å². The molecule has 1 aromatic carbocycles. The molecule has 1 N–H and O–H groups in total. The molecule has 0 atom stereocenters. The lowest BCUT2D eigenvalue weighted by Gasteiger charge is -2.47. The fourth-order valence-corrected chi connectivity index (χ4v) is 7.27. The highest BCUT2D eigenvalue weighted by atomic mass is 16.5. The molecule has 2 saturated heterocycles. The number of amides is 1. The zero-order chi connectivity index (χ0) is 29.1. The number of aromatic amines is 1. The van der Waals surface area contributed by atoms with Crippen molar-refractivity contribution >= 4 is 22.5 Å². The van der Waals surface area contributed by atoms with Gasteiger partial charge in [0.15, 0.2) is 5.65 Å². The van der Waals surface area contributed by atoms with E-state index in [-0.39, 0.29) is 17.1 Å². The standard InChI is InChI=1S/C32H43N7O2/c1-20(2)28-25-15-23(8-9-26(25)33-29(28)24-14-21(3)30-34-35-36-39(30)16-24)22-10-12-38(13-11-22)27(40)17-37-18-31(4,5)41-32(6,7)19-37/h8-9,14-16,20,22,33H,10-13,17-19H2,1-7H3. The number of hydrogen-bond donors (Lipinski definition) is 1. The van der Waals surface area contributed by atoms with Crippen LogP contribution in [0.5, 0.6) is 0 Å². The summed E-state index contributed by atoms with van der Waals surface area (Å²) in [6.45, 7) is 18.6. The van der Waals surface area contributed by atoms with Gasteiger partial charge in [-0.25, -0.2) is 0 Å². The number of tetrazole rings is 1. The third-order valence-electron chi connectivity index (χ3n) is 8.65. The maximum Gasteiger partial charge on any atom is 0.236 e. The van der Waals surface area contributed by atoms with Gasteiger partial charge in [-0.1, -0.05) is 19.9 Å². The van der Waals surface area contributed by atoms with Gasteiger partial charge in [-0.15, -0.1) is 5.10 Å². The number of nitrogens with one attached hydrogen (secondary N) is 1. The first-order chi connectivity index (χ1) is 19.4. The number of nitrogens with zero attached hydrogens (tertiary/aromatic N) is 6. The summed E-state index contributed by atoms with van der Waals surface area (Å²) in [6, 6.07) is 9.03. The Labute approximate surface area is 242 Å². The van der Waals surface area contributed by atoms with Crippen LogP contribution in [0.1, 0.15) is 82.9 Å². The molecule has 2 fully saturated rings. The van der Waals surface area contributed by atoms with E-state index in [0.29, 0.717) is 18.4 Å². The summed E-state index contributed by atoms with van der Waals surface area (Å²) >= 11 is 0. The molecule has 0 unspecified atom stereocenters. The van der Waals surface area contributed by atoms with E-state index >= 15 is 0 Å².